The molecule has 1 heterocycles. The van der Waals surface area contributed by atoms with Crippen LogP contribution in [0.25, 0.3) is 0 Å². The Morgan fingerprint density at radius 3 is 3.14 bits per heavy atom. The maximum absolute atomic E-state index is 10.7. The summed E-state index contributed by atoms with van der Waals surface area (Å²) in [7, 11) is 1.30. The van der Waals surface area contributed by atoms with Crippen molar-refractivity contribution in [3.8, 4) is 11.8 Å². The summed E-state index contributed by atoms with van der Waals surface area (Å²) >= 11 is 1.22. The second-order valence-electron chi connectivity index (χ2n) is 2.24. The first-order valence-corrected chi connectivity index (χ1v) is 4.60. The quantitative estimate of drug-likeness (QED) is 0.412. The lowest BCUT2D eigenvalue weighted by Crippen LogP contribution is -1.97. The summed E-state index contributed by atoms with van der Waals surface area (Å²) < 4.78 is 4.40. The number of methoxy groups -OCH3 is 1. The van der Waals surface area contributed by atoms with E-state index >= 15 is 0 Å². The lowest BCUT2D eigenvalue weighted by molar-refractivity contribution is -0.139. The van der Waals surface area contributed by atoms with E-state index in [1.54, 1.807) is 5.38 Å². The minimum absolute atomic E-state index is 0.0322. The van der Waals surface area contributed by atoms with Crippen LogP contribution < -0.4 is 0 Å². The van der Waals surface area contributed by atoms with E-state index in [4.69, 9.17) is 0 Å². The van der Waals surface area contributed by atoms with E-state index in [1.807, 2.05) is 0 Å². The van der Waals surface area contributed by atoms with E-state index in [0.29, 0.717) is 17.0 Å². The van der Waals surface area contributed by atoms with Crippen LogP contribution in [-0.2, 0) is 9.53 Å². The third-order valence-corrected chi connectivity index (χ3v) is 2.07. The second kappa shape index (κ2) is 5.14. The van der Waals surface area contributed by atoms with Gasteiger partial charge in [-0.3, -0.25) is 9.59 Å². The molecule has 5 heteroatoms. The Hall–Kier alpha value is -1.67. The van der Waals surface area contributed by atoms with Crippen molar-refractivity contribution in [2.45, 2.75) is 6.42 Å². The lowest BCUT2D eigenvalue weighted by atomic mass is 10.4. The number of aldehydes is 1. The summed E-state index contributed by atoms with van der Waals surface area (Å²) in [6, 6.07) is 0. The number of rotatable bonds is 2. The summed E-state index contributed by atoms with van der Waals surface area (Å²) in [5.74, 6) is 4.86. The van der Waals surface area contributed by atoms with Crippen molar-refractivity contribution in [2.24, 2.45) is 0 Å². The fourth-order valence-corrected chi connectivity index (χ4v) is 1.23. The van der Waals surface area contributed by atoms with Crippen LogP contribution in [0.15, 0.2) is 5.38 Å². The molecular formula is C9H7NO3S. The number of nitrogens with zero attached hydrogens (tertiary/aromatic N) is 1. The summed E-state index contributed by atoms with van der Waals surface area (Å²) in [4.78, 5) is 24.8. The predicted octanol–water partition coefficient (Wildman–Crippen LogP) is 0.870. The van der Waals surface area contributed by atoms with Crippen LogP contribution in [0.5, 0.6) is 0 Å². The molecule has 1 aromatic heterocycles. The molecule has 1 rings (SSSR count). The maximum atomic E-state index is 10.7. The van der Waals surface area contributed by atoms with Crippen molar-refractivity contribution in [3.63, 3.8) is 0 Å². The zero-order chi connectivity index (χ0) is 10.4. The largest absolute Gasteiger partial charge is 0.468 e. The normalized spacial score (nSPS) is 8.64. The first-order valence-electron chi connectivity index (χ1n) is 3.72. The minimum atomic E-state index is -0.386. The molecule has 0 aliphatic rings. The van der Waals surface area contributed by atoms with E-state index in [1.165, 1.54) is 18.4 Å². The van der Waals surface area contributed by atoms with Crippen LogP contribution >= 0.6 is 11.3 Å². The fourth-order valence-electron chi connectivity index (χ4n) is 0.678. The standard InChI is InChI=1S/C9H7NO3S/c1-13-9(12)4-2-3-7-6-14-8(5-11)10-7/h5-6H,4H2,1H3. The number of ether oxygens (including phenoxy) is 1. The Balaban J connectivity index is 2.59. The van der Waals surface area contributed by atoms with Gasteiger partial charge in [0.05, 0.1) is 7.11 Å². The average molecular weight is 209 g/mol. The minimum Gasteiger partial charge on any atom is -0.468 e. The van der Waals surface area contributed by atoms with E-state index in [0.717, 1.165) is 0 Å². The number of carbonyl (C=O) groups excluding carboxylic acids is 2. The van der Waals surface area contributed by atoms with Crippen molar-refractivity contribution in [1.82, 2.24) is 4.98 Å². The Bertz CT molecular complexity index is 400. The molecule has 0 atom stereocenters. The van der Waals surface area contributed by atoms with Gasteiger partial charge in [0.2, 0.25) is 0 Å². The molecule has 0 unspecified atom stereocenters. The van der Waals surface area contributed by atoms with Crippen LogP contribution in [0.1, 0.15) is 21.9 Å². The van der Waals surface area contributed by atoms with Crippen LogP contribution in [0.4, 0.5) is 0 Å². The number of thiazole rings is 1. The van der Waals surface area contributed by atoms with E-state index in [2.05, 4.69) is 21.6 Å². The van der Waals surface area contributed by atoms with Crippen molar-refractivity contribution in [3.05, 3.63) is 16.1 Å². The van der Waals surface area contributed by atoms with E-state index in [-0.39, 0.29) is 12.4 Å². The SMILES string of the molecule is COC(=O)CC#Cc1csc(C=O)n1. The molecule has 72 valence electrons. The first-order chi connectivity index (χ1) is 6.76. The molecule has 0 bridgehead atoms. The highest BCUT2D eigenvalue weighted by Gasteiger charge is 1.97. The third kappa shape index (κ3) is 2.99. The maximum Gasteiger partial charge on any atom is 0.317 e. The number of aromatic nitrogens is 1. The molecule has 0 spiro atoms. The van der Waals surface area contributed by atoms with Gasteiger partial charge in [-0.2, -0.15) is 0 Å². The van der Waals surface area contributed by atoms with Crippen molar-refractivity contribution >= 4 is 23.6 Å². The number of hydrogen-bond acceptors (Lipinski definition) is 5. The summed E-state index contributed by atoms with van der Waals surface area (Å²) in [5.41, 5.74) is 0.501. The highest BCUT2D eigenvalue weighted by atomic mass is 32.1. The Morgan fingerprint density at radius 2 is 2.57 bits per heavy atom. The second-order valence-corrected chi connectivity index (χ2v) is 3.13. The molecule has 14 heavy (non-hydrogen) atoms. The van der Waals surface area contributed by atoms with Gasteiger partial charge in [-0.1, -0.05) is 5.92 Å². The van der Waals surface area contributed by atoms with Gasteiger partial charge in [0.25, 0.3) is 0 Å². The molecule has 0 saturated heterocycles. The van der Waals surface area contributed by atoms with E-state index < -0.39 is 0 Å². The molecule has 0 N–H and O–H groups in total. The molecule has 0 aliphatic heterocycles. The fraction of sp³-hybridized carbons (Fsp3) is 0.222. The molecule has 0 fully saturated rings. The molecule has 0 radical (unpaired) electrons. The third-order valence-electron chi connectivity index (χ3n) is 1.30. The van der Waals surface area contributed by atoms with Crippen LogP contribution in [0.2, 0.25) is 0 Å². The summed E-state index contributed by atoms with van der Waals surface area (Å²) in [6.45, 7) is 0. The van der Waals surface area contributed by atoms with Gasteiger partial charge < -0.3 is 4.74 Å². The Kier molecular flexibility index (Phi) is 3.83. The predicted molar refractivity (Wildman–Crippen MR) is 51.0 cm³/mol. The molecule has 4 nitrogen and oxygen atoms in total. The number of hydrogen-bond donors (Lipinski definition) is 0. The molecule has 0 saturated carbocycles. The average Bonchev–Trinajstić information content (AvgIpc) is 2.65. The van der Waals surface area contributed by atoms with Gasteiger partial charge in [0.1, 0.15) is 12.1 Å². The zero-order valence-electron chi connectivity index (χ0n) is 7.44. The lowest BCUT2D eigenvalue weighted by Gasteiger charge is -1.88. The topological polar surface area (TPSA) is 56.3 Å². The van der Waals surface area contributed by atoms with Crippen molar-refractivity contribution in [2.75, 3.05) is 7.11 Å². The highest BCUT2D eigenvalue weighted by molar-refractivity contribution is 7.11. The Morgan fingerprint density at radius 1 is 1.79 bits per heavy atom. The smallest absolute Gasteiger partial charge is 0.317 e. The van der Waals surface area contributed by atoms with Gasteiger partial charge in [0.15, 0.2) is 11.3 Å². The van der Waals surface area contributed by atoms with Crippen molar-refractivity contribution < 1.29 is 14.3 Å². The monoisotopic (exact) mass is 209 g/mol. The van der Waals surface area contributed by atoms with E-state index in [9.17, 15) is 9.59 Å². The number of esters is 1. The van der Waals surface area contributed by atoms with Gasteiger partial charge in [0, 0.05) is 5.38 Å². The highest BCUT2D eigenvalue weighted by Crippen LogP contribution is 2.05. The van der Waals surface area contributed by atoms with Crippen LogP contribution in [0, 0.1) is 11.8 Å². The summed E-state index contributed by atoms with van der Waals surface area (Å²) in [5, 5.41) is 2.04. The van der Waals surface area contributed by atoms with Crippen LogP contribution in [-0.4, -0.2) is 24.3 Å². The van der Waals surface area contributed by atoms with Gasteiger partial charge in [-0.05, 0) is 5.92 Å². The van der Waals surface area contributed by atoms with Crippen molar-refractivity contribution in [1.29, 1.82) is 0 Å². The van der Waals surface area contributed by atoms with Gasteiger partial charge >= 0.3 is 5.97 Å². The molecule has 0 aromatic carbocycles. The molecule has 1 aromatic rings. The first kappa shape index (κ1) is 10.4. The summed E-state index contributed by atoms with van der Waals surface area (Å²) in [6.07, 6.45) is 0.695. The Labute approximate surface area is 84.9 Å². The number of carbonyl (C=O) groups is 2. The molecule has 0 amide bonds. The van der Waals surface area contributed by atoms with Gasteiger partial charge in [-0.25, -0.2) is 4.98 Å². The molecular weight excluding hydrogens is 202 g/mol. The molecule has 0 aliphatic carbocycles. The van der Waals surface area contributed by atoms with Gasteiger partial charge in [-0.15, -0.1) is 11.3 Å². The van der Waals surface area contributed by atoms with Crippen LogP contribution in [0.3, 0.4) is 0 Å². The zero-order valence-corrected chi connectivity index (χ0v) is 8.26.